The zero-order valence-corrected chi connectivity index (χ0v) is 19.4. The van der Waals surface area contributed by atoms with E-state index in [1.54, 1.807) is 0 Å². The molecule has 7 heteroatoms. The second kappa shape index (κ2) is 11.0. The first-order chi connectivity index (χ1) is 10.5. The SMILES string of the molecule is Br.Cl.NC1Cc2cc(Br)c(Br)cc2C1.NC1Cc2ccccc2C1.O. The lowest BCUT2D eigenvalue weighted by molar-refractivity contribution is 0.721. The normalized spacial score (nSPS) is 14.9. The van der Waals surface area contributed by atoms with E-state index in [0.29, 0.717) is 12.1 Å². The third-order valence-corrected chi connectivity index (χ3v) is 6.13. The first kappa shape index (κ1) is 25.1. The fraction of sp³-hybridized carbons (Fsp3) is 0.333. The molecule has 2 aromatic carbocycles. The van der Waals surface area contributed by atoms with E-state index in [9.17, 15) is 0 Å². The van der Waals surface area contributed by atoms with Crippen LogP contribution < -0.4 is 11.5 Å². The fourth-order valence-electron chi connectivity index (χ4n) is 3.24. The van der Waals surface area contributed by atoms with E-state index in [1.807, 2.05) is 0 Å². The number of halogens is 4. The van der Waals surface area contributed by atoms with Crippen LogP contribution in [0.15, 0.2) is 45.3 Å². The van der Waals surface area contributed by atoms with E-state index in [1.165, 1.54) is 22.3 Å². The van der Waals surface area contributed by atoms with Crippen LogP contribution in [0.4, 0.5) is 0 Å². The number of benzene rings is 2. The standard InChI is InChI=1S/C9H9Br2N.C9H11N.BrH.ClH.H2O/c10-8-3-5-1-7(12)2-6(5)4-9(8)11;10-9-5-7-3-1-2-4-8(7)6-9;;;/h3-4,7H,1-2,12H2;1-4,9H,5-6,10H2;2*1H;1H2. The third kappa shape index (κ3) is 6.31. The molecular weight excluding hydrogens is 535 g/mol. The topological polar surface area (TPSA) is 83.5 Å². The van der Waals surface area contributed by atoms with Crippen molar-refractivity contribution in [3.05, 3.63) is 67.6 Å². The molecule has 0 unspecified atom stereocenters. The Morgan fingerprint density at radius 1 is 0.720 bits per heavy atom. The first-order valence-electron chi connectivity index (χ1n) is 7.57. The van der Waals surface area contributed by atoms with Crippen molar-refractivity contribution >= 4 is 61.2 Å². The summed E-state index contributed by atoms with van der Waals surface area (Å²) in [6.07, 6.45) is 4.16. The summed E-state index contributed by atoms with van der Waals surface area (Å²) in [4.78, 5) is 0. The molecule has 0 spiro atoms. The van der Waals surface area contributed by atoms with Crippen molar-refractivity contribution in [3.8, 4) is 0 Å². The Labute approximate surface area is 182 Å². The van der Waals surface area contributed by atoms with E-state index in [2.05, 4.69) is 68.3 Å². The molecule has 0 atom stereocenters. The van der Waals surface area contributed by atoms with E-state index in [4.69, 9.17) is 11.5 Å². The van der Waals surface area contributed by atoms with Crippen LogP contribution in [0.25, 0.3) is 0 Å². The summed E-state index contributed by atoms with van der Waals surface area (Å²) in [5.74, 6) is 0. The molecule has 0 amide bonds. The maximum absolute atomic E-state index is 5.85. The van der Waals surface area contributed by atoms with Gasteiger partial charge in [0.15, 0.2) is 0 Å². The Morgan fingerprint density at radius 2 is 1.04 bits per heavy atom. The Bertz CT molecular complexity index is 644. The van der Waals surface area contributed by atoms with E-state index >= 15 is 0 Å². The van der Waals surface area contributed by atoms with Crippen molar-refractivity contribution in [2.75, 3.05) is 0 Å². The van der Waals surface area contributed by atoms with Crippen LogP contribution in [0.3, 0.4) is 0 Å². The van der Waals surface area contributed by atoms with E-state index in [0.717, 1.165) is 34.6 Å². The third-order valence-electron chi connectivity index (χ3n) is 4.29. The molecule has 2 aliphatic carbocycles. The van der Waals surface area contributed by atoms with Gasteiger partial charge in [-0.2, -0.15) is 0 Å². The zero-order valence-electron chi connectivity index (χ0n) is 13.7. The van der Waals surface area contributed by atoms with Crippen LogP contribution in [0, 0.1) is 0 Å². The number of hydrogen-bond donors (Lipinski definition) is 2. The summed E-state index contributed by atoms with van der Waals surface area (Å²) < 4.78 is 2.24. The molecule has 3 nitrogen and oxygen atoms in total. The smallest absolute Gasteiger partial charge is 0.0320 e. The van der Waals surface area contributed by atoms with Gasteiger partial charge in [0.2, 0.25) is 0 Å². The molecule has 4 rings (SSSR count). The molecule has 25 heavy (non-hydrogen) atoms. The van der Waals surface area contributed by atoms with Crippen molar-refractivity contribution in [2.24, 2.45) is 11.5 Å². The highest BCUT2D eigenvalue weighted by atomic mass is 79.9. The number of fused-ring (bicyclic) bond motifs is 2. The van der Waals surface area contributed by atoms with Gasteiger partial charge >= 0.3 is 0 Å². The van der Waals surface area contributed by atoms with Crippen LogP contribution in [-0.2, 0) is 25.7 Å². The minimum absolute atomic E-state index is 0. The van der Waals surface area contributed by atoms with Gasteiger partial charge in [0.25, 0.3) is 0 Å². The molecule has 0 radical (unpaired) electrons. The average molecular weight is 560 g/mol. The lowest BCUT2D eigenvalue weighted by Crippen LogP contribution is -2.18. The van der Waals surface area contributed by atoms with Gasteiger partial charge in [0.05, 0.1) is 0 Å². The maximum Gasteiger partial charge on any atom is 0.0320 e. The van der Waals surface area contributed by atoms with Gasteiger partial charge in [0.1, 0.15) is 0 Å². The molecule has 0 aromatic heterocycles. The largest absolute Gasteiger partial charge is 0.412 e. The summed E-state index contributed by atoms with van der Waals surface area (Å²) in [7, 11) is 0. The van der Waals surface area contributed by atoms with Crippen molar-refractivity contribution < 1.29 is 5.48 Å². The van der Waals surface area contributed by atoms with Gasteiger partial charge in [-0.25, -0.2) is 0 Å². The van der Waals surface area contributed by atoms with Crippen molar-refractivity contribution in [1.82, 2.24) is 0 Å². The minimum Gasteiger partial charge on any atom is -0.412 e. The molecule has 0 saturated heterocycles. The highest BCUT2D eigenvalue weighted by molar-refractivity contribution is 9.13. The molecule has 0 aliphatic heterocycles. The molecule has 140 valence electrons. The minimum atomic E-state index is 0. The number of hydrogen-bond acceptors (Lipinski definition) is 2. The van der Waals surface area contributed by atoms with Crippen LogP contribution in [0.1, 0.15) is 22.3 Å². The van der Waals surface area contributed by atoms with Crippen molar-refractivity contribution in [3.63, 3.8) is 0 Å². The van der Waals surface area contributed by atoms with Crippen molar-refractivity contribution in [2.45, 2.75) is 37.8 Å². The summed E-state index contributed by atoms with van der Waals surface area (Å²) in [6, 6.07) is 13.5. The molecule has 0 heterocycles. The molecule has 0 bridgehead atoms. The van der Waals surface area contributed by atoms with Crippen molar-refractivity contribution in [1.29, 1.82) is 0 Å². The number of nitrogens with two attached hydrogens (primary N) is 2. The van der Waals surface area contributed by atoms with Gasteiger partial charge in [0, 0.05) is 21.0 Å². The summed E-state index contributed by atoms with van der Waals surface area (Å²) >= 11 is 6.96. The van der Waals surface area contributed by atoms with Crippen LogP contribution >= 0.6 is 61.2 Å². The Hall–Kier alpha value is 0.0500. The second-order valence-corrected chi connectivity index (χ2v) is 7.85. The van der Waals surface area contributed by atoms with E-state index < -0.39 is 0 Å². The predicted molar refractivity (Wildman–Crippen MR) is 120 cm³/mol. The van der Waals surface area contributed by atoms with Gasteiger partial charge in [-0.3, -0.25) is 0 Å². The molecule has 6 N–H and O–H groups in total. The summed E-state index contributed by atoms with van der Waals surface area (Å²) in [5.41, 5.74) is 17.3. The Balaban J connectivity index is 0.000000416. The Morgan fingerprint density at radius 3 is 1.40 bits per heavy atom. The van der Waals surface area contributed by atoms with Gasteiger partial charge < -0.3 is 16.9 Å². The van der Waals surface area contributed by atoms with Crippen LogP contribution in [0.2, 0.25) is 0 Å². The lowest BCUT2D eigenvalue weighted by Gasteiger charge is -2.01. The molecule has 2 aliphatic rings. The molecule has 0 fully saturated rings. The molecule has 2 aromatic rings. The monoisotopic (exact) mass is 556 g/mol. The second-order valence-electron chi connectivity index (χ2n) is 6.14. The summed E-state index contributed by atoms with van der Waals surface area (Å²) in [5, 5.41) is 0. The Kier molecular flexibility index (Phi) is 11.0. The summed E-state index contributed by atoms with van der Waals surface area (Å²) in [6.45, 7) is 0. The first-order valence-corrected chi connectivity index (χ1v) is 9.16. The average Bonchev–Trinajstić information content (AvgIpc) is 3.00. The van der Waals surface area contributed by atoms with Gasteiger partial charge in [-0.15, -0.1) is 29.4 Å². The molecule has 0 saturated carbocycles. The van der Waals surface area contributed by atoms with E-state index in [-0.39, 0.29) is 34.9 Å². The lowest BCUT2D eigenvalue weighted by atomic mass is 10.1. The van der Waals surface area contributed by atoms with Crippen LogP contribution in [-0.4, -0.2) is 17.6 Å². The number of rotatable bonds is 0. The van der Waals surface area contributed by atoms with Gasteiger partial charge in [-0.1, -0.05) is 24.3 Å². The predicted octanol–water partition coefficient (Wildman–Crippen LogP) is 3.93. The maximum atomic E-state index is 5.85. The zero-order chi connectivity index (χ0) is 15.7. The highest BCUT2D eigenvalue weighted by Crippen LogP contribution is 2.31. The quantitative estimate of drug-likeness (QED) is 0.513. The fourth-order valence-corrected chi connectivity index (χ4v) is 4.02. The molecular formula is C18H24Br3ClN2O. The highest BCUT2D eigenvalue weighted by Gasteiger charge is 2.19. The van der Waals surface area contributed by atoms with Gasteiger partial charge in [-0.05, 0) is 91.9 Å². The van der Waals surface area contributed by atoms with Crippen LogP contribution in [0.5, 0.6) is 0 Å².